The average molecular weight is 244 g/mol. The summed E-state index contributed by atoms with van der Waals surface area (Å²) in [4.78, 5) is 2.56. The Hall–Kier alpha value is 0.270. The van der Waals surface area contributed by atoms with Gasteiger partial charge >= 0.3 is 0 Å². The summed E-state index contributed by atoms with van der Waals surface area (Å²) >= 11 is 1.93. The van der Waals surface area contributed by atoms with Crippen molar-refractivity contribution in [3.8, 4) is 0 Å². The zero-order valence-electron chi connectivity index (χ0n) is 11.3. The Morgan fingerprint density at radius 1 is 1.50 bits per heavy atom. The highest BCUT2D eigenvalue weighted by molar-refractivity contribution is 7.98. The van der Waals surface area contributed by atoms with E-state index >= 15 is 0 Å². The third-order valence-electron chi connectivity index (χ3n) is 4.54. The van der Waals surface area contributed by atoms with Crippen LogP contribution in [0.3, 0.4) is 0 Å². The zero-order chi connectivity index (χ0) is 12.2. The first-order valence-corrected chi connectivity index (χ1v) is 7.90. The van der Waals surface area contributed by atoms with Crippen molar-refractivity contribution in [3.63, 3.8) is 0 Å². The van der Waals surface area contributed by atoms with Crippen molar-refractivity contribution in [1.29, 1.82) is 0 Å². The molecule has 0 heterocycles. The van der Waals surface area contributed by atoms with Gasteiger partial charge < -0.3 is 5.73 Å². The number of nitrogens with two attached hydrogens (primary N) is 1. The van der Waals surface area contributed by atoms with Crippen molar-refractivity contribution in [2.24, 2.45) is 11.7 Å². The van der Waals surface area contributed by atoms with Crippen molar-refractivity contribution in [2.45, 2.75) is 51.1 Å². The monoisotopic (exact) mass is 244 g/mol. The van der Waals surface area contributed by atoms with Crippen molar-refractivity contribution >= 4 is 11.8 Å². The lowest BCUT2D eigenvalue weighted by atomic mass is 9.72. The van der Waals surface area contributed by atoms with E-state index in [4.69, 9.17) is 5.73 Å². The van der Waals surface area contributed by atoms with Crippen LogP contribution in [0.15, 0.2) is 0 Å². The molecule has 2 nitrogen and oxygen atoms in total. The third kappa shape index (κ3) is 2.74. The molecule has 0 radical (unpaired) electrons. The van der Waals surface area contributed by atoms with Gasteiger partial charge in [0.1, 0.15) is 0 Å². The van der Waals surface area contributed by atoms with Gasteiger partial charge in [0.15, 0.2) is 0 Å². The van der Waals surface area contributed by atoms with Crippen LogP contribution in [0.5, 0.6) is 0 Å². The van der Waals surface area contributed by atoms with Crippen LogP contribution in [0, 0.1) is 5.92 Å². The highest BCUT2D eigenvalue weighted by Crippen LogP contribution is 2.38. The van der Waals surface area contributed by atoms with Gasteiger partial charge in [0.25, 0.3) is 0 Å². The Morgan fingerprint density at radius 3 is 2.69 bits per heavy atom. The maximum absolute atomic E-state index is 6.12. The quantitative estimate of drug-likeness (QED) is 0.806. The molecule has 3 unspecified atom stereocenters. The van der Waals surface area contributed by atoms with Crippen LogP contribution in [0.2, 0.25) is 0 Å². The van der Waals surface area contributed by atoms with E-state index in [1.54, 1.807) is 0 Å². The SMILES string of the molecule is CSCC(C)N(C)C1(CN)CCCCC1C. The van der Waals surface area contributed by atoms with E-state index in [0.29, 0.717) is 6.04 Å². The van der Waals surface area contributed by atoms with Crippen molar-refractivity contribution in [2.75, 3.05) is 25.6 Å². The Balaban J connectivity index is 2.76. The molecule has 3 heteroatoms. The Labute approximate surface area is 105 Å². The normalized spacial score (nSPS) is 33.0. The molecule has 1 aliphatic rings. The predicted octanol–water partition coefficient (Wildman–Crippen LogP) is 2.58. The first-order chi connectivity index (χ1) is 7.58. The number of hydrogen-bond donors (Lipinski definition) is 1. The summed E-state index contributed by atoms with van der Waals surface area (Å²) in [5, 5.41) is 0. The van der Waals surface area contributed by atoms with Crippen molar-refractivity contribution < 1.29 is 0 Å². The van der Waals surface area contributed by atoms with Crippen molar-refractivity contribution in [1.82, 2.24) is 4.90 Å². The molecule has 1 fully saturated rings. The maximum atomic E-state index is 6.12. The van der Waals surface area contributed by atoms with Crippen LogP contribution in [0.1, 0.15) is 39.5 Å². The topological polar surface area (TPSA) is 29.3 Å². The molecule has 3 atom stereocenters. The van der Waals surface area contributed by atoms with Gasteiger partial charge in [0.2, 0.25) is 0 Å². The highest BCUT2D eigenvalue weighted by atomic mass is 32.2. The van der Waals surface area contributed by atoms with Crippen LogP contribution >= 0.6 is 11.8 Å². The minimum atomic E-state index is 0.257. The number of hydrogen-bond acceptors (Lipinski definition) is 3. The molecule has 2 N–H and O–H groups in total. The predicted molar refractivity (Wildman–Crippen MR) is 75.0 cm³/mol. The van der Waals surface area contributed by atoms with Crippen LogP contribution in [0.4, 0.5) is 0 Å². The first-order valence-electron chi connectivity index (χ1n) is 6.50. The summed E-state index contributed by atoms with van der Waals surface area (Å²) in [7, 11) is 2.27. The smallest absolute Gasteiger partial charge is 0.0357 e. The fourth-order valence-corrected chi connectivity index (χ4v) is 3.87. The summed E-state index contributed by atoms with van der Waals surface area (Å²) < 4.78 is 0. The van der Waals surface area contributed by atoms with E-state index in [-0.39, 0.29) is 5.54 Å². The van der Waals surface area contributed by atoms with E-state index in [1.165, 1.54) is 31.4 Å². The van der Waals surface area contributed by atoms with Gasteiger partial charge in [-0.2, -0.15) is 11.8 Å². The third-order valence-corrected chi connectivity index (χ3v) is 5.35. The molecule has 0 amide bonds. The summed E-state index contributed by atoms with van der Waals surface area (Å²) in [6, 6.07) is 0.624. The lowest BCUT2D eigenvalue weighted by Gasteiger charge is -2.51. The Kier molecular flexibility index (Phi) is 5.62. The van der Waals surface area contributed by atoms with Crippen molar-refractivity contribution in [3.05, 3.63) is 0 Å². The van der Waals surface area contributed by atoms with Gasteiger partial charge in [-0.05, 0) is 39.0 Å². The molecular weight excluding hydrogens is 216 g/mol. The summed E-state index contributed by atoms with van der Waals surface area (Å²) in [6.07, 6.45) is 7.53. The minimum absolute atomic E-state index is 0.257. The molecule has 1 rings (SSSR count). The molecule has 0 bridgehead atoms. The standard InChI is InChI=1S/C13H28N2S/c1-11-7-5-6-8-13(11,10-14)15(3)12(2)9-16-4/h11-12H,5-10,14H2,1-4H3. The van der Waals surface area contributed by atoms with E-state index in [0.717, 1.165) is 12.5 Å². The summed E-state index contributed by atoms with van der Waals surface area (Å²) in [6.45, 7) is 5.52. The molecule has 96 valence electrons. The molecular formula is C13H28N2S. The number of rotatable bonds is 5. The molecule has 0 aromatic carbocycles. The molecule has 0 saturated heterocycles. The molecule has 0 aromatic heterocycles. The van der Waals surface area contributed by atoms with Crippen LogP contribution < -0.4 is 5.73 Å². The van der Waals surface area contributed by atoms with Crippen LogP contribution in [-0.4, -0.2) is 42.1 Å². The fraction of sp³-hybridized carbons (Fsp3) is 1.00. The zero-order valence-corrected chi connectivity index (χ0v) is 12.1. The molecule has 1 saturated carbocycles. The second-order valence-electron chi connectivity index (χ2n) is 5.37. The first kappa shape index (κ1) is 14.3. The largest absolute Gasteiger partial charge is 0.329 e. The second kappa shape index (κ2) is 6.27. The summed E-state index contributed by atoms with van der Waals surface area (Å²) in [5.41, 5.74) is 6.37. The molecule has 16 heavy (non-hydrogen) atoms. The van der Waals surface area contributed by atoms with Gasteiger partial charge in [-0.3, -0.25) is 4.90 Å². The molecule has 0 aromatic rings. The Bertz CT molecular complexity index is 210. The minimum Gasteiger partial charge on any atom is -0.329 e. The van der Waals surface area contributed by atoms with Gasteiger partial charge in [0.05, 0.1) is 0 Å². The van der Waals surface area contributed by atoms with Gasteiger partial charge in [-0.15, -0.1) is 0 Å². The van der Waals surface area contributed by atoms with E-state index in [2.05, 4.69) is 32.1 Å². The summed E-state index contributed by atoms with van der Waals surface area (Å²) in [5.74, 6) is 1.94. The van der Waals surface area contributed by atoms with E-state index in [1.807, 2.05) is 11.8 Å². The maximum Gasteiger partial charge on any atom is 0.0357 e. The molecule has 1 aliphatic carbocycles. The highest BCUT2D eigenvalue weighted by Gasteiger charge is 2.41. The number of thioether (sulfide) groups is 1. The number of likely N-dealkylation sites (N-methyl/N-ethyl adjacent to an activating group) is 1. The van der Waals surface area contributed by atoms with Gasteiger partial charge in [-0.25, -0.2) is 0 Å². The Morgan fingerprint density at radius 2 is 2.19 bits per heavy atom. The van der Waals surface area contributed by atoms with E-state index < -0.39 is 0 Å². The lowest BCUT2D eigenvalue weighted by molar-refractivity contribution is 0.0135. The lowest BCUT2D eigenvalue weighted by Crippen LogP contribution is -2.60. The average Bonchev–Trinajstić information content (AvgIpc) is 2.29. The van der Waals surface area contributed by atoms with Crippen LogP contribution in [-0.2, 0) is 0 Å². The second-order valence-corrected chi connectivity index (χ2v) is 6.28. The molecule has 0 spiro atoms. The molecule has 0 aliphatic heterocycles. The van der Waals surface area contributed by atoms with Gasteiger partial charge in [-0.1, -0.05) is 19.8 Å². The number of nitrogens with zero attached hydrogens (tertiary/aromatic N) is 1. The van der Waals surface area contributed by atoms with Crippen LogP contribution in [0.25, 0.3) is 0 Å². The van der Waals surface area contributed by atoms with Gasteiger partial charge in [0, 0.05) is 23.9 Å². The van der Waals surface area contributed by atoms with E-state index in [9.17, 15) is 0 Å². The fourth-order valence-electron chi connectivity index (χ4n) is 3.16.